The Kier molecular flexibility index (Phi) is 5.77. The van der Waals surface area contributed by atoms with Crippen molar-refractivity contribution in [2.75, 3.05) is 6.54 Å². The summed E-state index contributed by atoms with van der Waals surface area (Å²) in [5, 5.41) is 14.0. The molecule has 0 saturated carbocycles. The Hall–Kier alpha value is -1.43. The third kappa shape index (κ3) is 5.77. The third-order valence-electron chi connectivity index (χ3n) is 2.29. The number of rotatable bonds is 7. The predicted octanol–water partition coefficient (Wildman–Crippen LogP) is 0.548. The van der Waals surface area contributed by atoms with Gasteiger partial charge in [-0.05, 0) is 5.92 Å². The van der Waals surface area contributed by atoms with Gasteiger partial charge < -0.3 is 10.6 Å². The Balaban J connectivity index is 2.36. The minimum absolute atomic E-state index is 0.0306. The van der Waals surface area contributed by atoms with Gasteiger partial charge in [0.2, 0.25) is 5.91 Å². The van der Waals surface area contributed by atoms with Crippen LogP contribution in [-0.2, 0) is 17.9 Å². The first-order valence-corrected chi connectivity index (χ1v) is 6.36. The lowest BCUT2D eigenvalue weighted by atomic mass is 10.2. The van der Waals surface area contributed by atoms with Crippen LogP contribution in [0, 0.1) is 5.92 Å². The summed E-state index contributed by atoms with van der Waals surface area (Å²) in [6.45, 7) is 9.85. The van der Waals surface area contributed by atoms with E-state index in [4.69, 9.17) is 0 Å². The molecular weight excluding hydrogens is 230 g/mol. The van der Waals surface area contributed by atoms with Crippen LogP contribution in [0.2, 0.25) is 0 Å². The Labute approximate surface area is 108 Å². The lowest BCUT2D eigenvalue weighted by molar-refractivity contribution is -0.122. The average molecular weight is 253 g/mol. The fraction of sp³-hybridized carbons (Fsp3) is 0.750. The highest BCUT2D eigenvalue weighted by molar-refractivity contribution is 5.75. The van der Waals surface area contributed by atoms with E-state index in [0.29, 0.717) is 25.0 Å². The maximum atomic E-state index is 11.6. The van der Waals surface area contributed by atoms with Crippen LogP contribution in [0.5, 0.6) is 0 Å². The van der Waals surface area contributed by atoms with Gasteiger partial charge in [0.15, 0.2) is 0 Å². The van der Waals surface area contributed by atoms with E-state index in [2.05, 4.69) is 48.6 Å². The van der Waals surface area contributed by atoms with Gasteiger partial charge in [-0.3, -0.25) is 4.79 Å². The van der Waals surface area contributed by atoms with Gasteiger partial charge in [0.05, 0.1) is 11.9 Å². The Morgan fingerprint density at radius 3 is 2.72 bits per heavy atom. The molecule has 0 bridgehead atoms. The van der Waals surface area contributed by atoms with Gasteiger partial charge in [-0.1, -0.05) is 32.9 Å². The van der Waals surface area contributed by atoms with E-state index in [9.17, 15) is 4.79 Å². The van der Waals surface area contributed by atoms with Crippen LogP contribution in [-0.4, -0.2) is 33.5 Å². The largest absolute Gasteiger partial charge is 0.354 e. The molecule has 6 heteroatoms. The van der Waals surface area contributed by atoms with Gasteiger partial charge in [-0.2, -0.15) is 0 Å². The highest BCUT2D eigenvalue weighted by Crippen LogP contribution is 1.94. The molecule has 1 rings (SSSR count). The fourth-order valence-electron chi connectivity index (χ4n) is 1.33. The highest BCUT2D eigenvalue weighted by Gasteiger charge is 2.06. The van der Waals surface area contributed by atoms with Crippen molar-refractivity contribution in [3.8, 4) is 0 Å². The van der Waals surface area contributed by atoms with E-state index in [1.165, 1.54) is 0 Å². The highest BCUT2D eigenvalue weighted by atomic mass is 16.2. The number of amides is 1. The Bertz CT molecular complexity index is 372. The zero-order chi connectivity index (χ0) is 13.5. The Morgan fingerprint density at radius 1 is 1.39 bits per heavy atom. The second-order valence-electron chi connectivity index (χ2n) is 5.14. The van der Waals surface area contributed by atoms with Gasteiger partial charge in [0, 0.05) is 19.1 Å². The molecular formula is C12H23N5O. The third-order valence-corrected chi connectivity index (χ3v) is 2.29. The van der Waals surface area contributed by atoms with Gasteiger partial charge in [0.25, 0.3) is 0 Å². The van der Waals surface area contributed by atoms with Crippen molar-refractivity contribution in [3.63, 3.8) is 0 Å². The normalized spacial score (nSPS) is 11.2. The van der Waals surface area contributed by atoms with Crippen molar-refractivity contribution in [1.29, 1.82) is 0 Å². The van der Waals surface area contributed by atoms with Crippen LogP contribution in [0.3, 0.4) is 0 Å². The molecule has 0 aliphatic rings. The van der Waals surface area contributed by atoms with Gasteiger partial charge in [-0.25, -0.2) is 4.68 Å². The number of hydrogen-bond acceptors (Lipinski definition) is 4. The molecule has 18 heavy (non-hydrogen) atoms. The zero-order valence-electron chi connectivity index (χ0n) is 11.6. The van der Waals surface area contributed by atoms with Crippen molar-refractivity contribution in [2.24, 2.45) is 5.92 Å². The summed E-state index contributed by atoms with van der Waals surface area (Å²) >= 11 is 0. The van der Waals surface area contributed by atoms with Crippen molar-refractivity contribution in [2.45, 2.75) is 46.8 Å². The number of hydrogen-bond donors (Lipinski definition) is 2. The van der Waals surface area contributed by atoms with Crippen molar-refractivity contribution in [1.82, 2.24) is 25.6 Å². The van der Waals surface area contributed by atoms with E-state index in [0.717, 1.165) is 5.69 Å². The van der Waals surface area contributed by atoms with Crippen LogP contribution in [0.25, 0.3) is 0 Å². The summed E-state index contributed by atoms with van der Waals surface area (Å²) in [5.74, 6) is 0.424. The average Bonchev–Trinajstić information content (AvgIpc) is 2.71. The van der Waals surface area contributed by atoms with Crippen LogP contribution >= 0.6 is 0 Å². The molecule has 6 nitrogen and oxygen atoms in total. The molecule has 0 radical (unpaired) electrons. The first-order chi connectivity index (χ1) is 8.47. The Morgan fingerprint density at radius 2 is 2.11 bits per heavy atom. The predicted molar refractivity (Wildman–Crippen MR) is 69.8 cm³/mol. The van der Waals surface area contributed by atoms with Crippen molar-refractivity contribution in [3.05, 3.63) is 11.9 Å². The first-order valence-electron chi connectivity index (χ1n) is 6.36. The summed E-state index contributed by atoms with van der Waals surface area (Å²) in [7, 11) is 0. The minimum atomic E-state index is -0.0306. The number of aromatic nitrogens is 3. The second-order valence-corrected chi connectivity index (χ2v) is 5.14. The quantitative estimate of drug-likeness (QED) is 0.744. The van der Waals surface area contributed by atoms with Crippen molar-refractivity contribution < 1.29 is 4.79 Å². The summed E-state index contributed by atoms with van der Waals surface area (Å²) in [4.78, 5) is 11.6. The van der Waals surface area contributed by atoms with Gasteiger partial charge >= 0.3 is 0 Å². The molecule has 0 aliphatic heterocycles. The van der Waals surface area contributed by atoms with Crippen LogP contribution in [0.1, 0.15) is 33.4 Å². The molecule has 0 aromatic carbocycles. The molecule has 0 saturated heterocycles. The second kappa shape index (κ2) is 7.10. The van der Waals surface area contributed by atoms with Crippen molar-refractivity contribution >= 4 is 5.91 Å². The number of carbonyl (C=O) groups excluding carboxylic acids is 1. The summed E-state index contributed by atoms with van der Waals surface area (Å²) in [5.41, 5.74) is 0.848. The molecule has 1 aromatic rings. The molecule has 0 fully saturated rings. The number of nitrogens with zero attached hydrogens (tertiary/aromatic N) is 3. The molecule has 1 aromatic heterocycles. The van der Waals surface area contributed by atoms with E-state index in [1.807, 2.05) is 0 Å². The lowest BCUT2D eigenvalue weighted by Crippen LogP contribution is -2.30. The molecule has 1 heterocycles. The van der Waals surface area contributed by atoms with E-state index < -0.39 is 0 Å². The molecule has 0 atom stereocenters. The number of carbonyl (C=O) groups is 1. The lowest BCUT2D eigenvalue weighted by Gasteiger charge is -2.07. The molecule has 2 N–H and O–H groups in total. The fourth-order valence-corrected chi connectivity index (χ4v) is 1.33. The van der Waals surface area contributed by atoms with E-state index >= 15 is 0 Å². The van der Waals surface area contributed by atoms with Crippen LogP contribution in [0.4, 0.5) is 0 Å². The zero-order valence-corrected chi connectivity index (χ0v) is 11.6. The number of nitrogens with one attached hydrogen (secondary N) is 2. The monoisotopic (exact) mass is 253 g/mol. The van der Waals surface area contributed by atoms with Crippen LogP contribution in [0.15, 0.2) is 6.20 Å². The first kappa shape index (κ1) is 14.6. The topological polar surface area (TPSA) is 71.8 Å². The SMILES string of the molecule is CC(C)CNC(=O)Cn1cc(CNC(C)C)nn1. The molecule has 1 amide bonds. The van der Waals surface area contributed by atoms with Crippen LogP contribution < -0.4 is 10.6 Å². The standard InChI is InChI=1S/C12H23N5O/c1-9(2)5-14-12(18)8-17-7-11(15-16-17)6-13-10(3)4/h7,9-10,13H,5-6,8H2,1-4H3,(H,14,18). The summed E-state index contributed by atoms with van der Waals surface area (Å²) in [6, 6.07) is 0.407. The van der Waals surface area contributed by atoms with Gasteiger partial charge in [-0.15, -0.1) is 5.10 Å². The molecule has 0 aliphatic carbocycles. The smallest absolute Gasteiger partial charge is 0.241 e. The summed E-state index contributed by atoms with van der Waals surface area (Å²) in [6.07, 6.45) is 1.80. The van der Waals surface area contributed by atoms with E-state index in [-0.39, 0.29) is 12.5 Å². The maximum Gasteiger partial charge on any atom is 0.241 e. The summed E-state index contributed by atoms with van der Waals surface area (Å²) < 4.78 is 1.56. The molecule has 102 valence electrons. The minimum Gasteiger partial charge on any atom is -0.354 e. The van der Waals surface area contributed by atoms with Gasteiger partial charge in [0.1, 0.15) is 6.54 Å². The molecule has 0 spiro atoms. The molecule has 0 unspecified atom stereocenters. The maximum absolute atomic E-state index is 11.6. The van der Waals surface area contributed by atoms with E-state index in [1.54, 1.807) is 10.9 Å².